The third-order valence-corrected chi connectivity index (χ3v) is 6.07. The lowest BCUT2D eigenvalue weighted by atomic mass is 9.70. The topological polar surface area (TPSA) is 63.4 Å². The Morgan fingerprint density at radius 3 is 1.54 bits per heavy atom. The van der Waals surface area contributed by atoms with Crippen molar-refractivity contribution in [2.45, 2.75) is 11.8 Å². The lowest BCUT2D eigenvalue weighted by Gasteiger charge is -2.30. The van der Waals surface area contributed by atoms with Gasteiger partial charge in [0.05, 0.1) is 17.5 Å². The minimum Gasteiger partial charge on any atom is -0.399 e. The van der Waals surface area contributed by atoms with Crippen molar-refractivity contribution in [1.82, 2.24) is 0 Å². The summed E-state index contributed by atoms with van der Waals surface area (Å²) in [5.41, 5.74) is 8.92. The van der Waals surface area contributed by atoms with Gasteiger partial charge < -0.3 is 5.73 Å². The summed E-state index contributed by atoms with van der Waals surface area (Å²) in [7, 11) is 0. The first kappa shape index (κ1) is 15.4. The van der Waals surface area contributed by atoms with E-state index in [4.69, 9.17) is 5.73 Å². The molecule has 4 heteroatoms. The molecule has 0 radical (unpaired) electrons. The zero-order valence-electron chi connectivity index (χ0n) is 14.9. The SMILES string of the molecule is Nc1cccc(N2C(=O)C3c4c5ccccc5c(c5ccccc45)C3C2=O)c1. The minimum absolute atomic E-state index is 0.169. The molecule has 0 spiro atoms. The van der Waals surface area contributed by atoms with E-state index in [1.54, 1.807) is 24.3 Å². The zero-order valence-corrected chi connectivity index (χ0v) is 14.9. The van der Waals surface area contributed by atoms with Crippen LogP contribution in [0.1, 0.15) is 23.0 Å². The Hall–Kier alpha value is -3.66. The molecule has 1 fully saturated rings. The van der Waals surface area contributed by atoms with Crippen LogP contribution in [0.15, 0.2) is 72.8 Å². The van der Waals surface area contributed by atoms with E-state index in [2.05, 4.69) is 24.3 Å². The van der Waals surface area contributed by atoms with Gasteiger partial charge in [-0.3, -0.25) is 9.59 Å². The highest BCUT2D eigenvalue weighted by Gasteiger charge is 2.54. The molecule has 4 aromatic rings. The summed E-state index contributed by atoms with van der Waals surface area (Å²) in [5.74, 6) is -1.29. The molecule has 0 aromatic heterocycles. The molecule has 2 atom stereocenters. The largest absolute Gasteiger partial charge is 0.399 e. The van der Waals surface area contributed by atoms with Gasteiger partial charge in [-0.15, -0.1) is 0 Å². The lowest BCUT2D eigenvalue weighted by molar-refractivity contribution is -0.121. The van der Waals surface area contributed by atoms with Crippen molar-refractivity contribution in [3.8, 4) is 0 Å². The first-order valence-corrected chi connectivity index (χ1v) is 9.33. The molecular formula is C24H16N2O2. The third kappa shape index (κ3) is 1.75. The third-order valence-electron chi connectivity index (χ3n) is 6.07. The highest BCUT2D eigenvalue weighted by Crippen LogP contribution is 2.55. The molecule has 4 aromatic carbocycles. The van der Waals surface area contributed by atoms with Gasteiger partial charge in [0.25, 0.3) is 0 Å². The fourth-order valence-electron chi connectivity index (χ4n) is 5.04. The summed E-state index contributed by atoms with van der Waals surface area (Å²) in [6, 6.07) is 23.1. The molecule has 2 bridgehead atoms. The van der Waals surface area contributed by atoms with E-state index in [9.17, 15) is 9.59 Å². The maximum absolute atomic E-state index is 13.5. The number of rotatable bonds is 1. The number of carbonyl (C=O) groups excluding carboxylic acids is 2. The van der Waals surface area contributed by atoms with E-state index < -0.39 is 11.8 Å². The Morgan fingerprint density at radius 2 is 1.11 bits per heavy atom. The fraction of sp³-hybridized carbons (Fsp3) is 0.0833. The van der Waals surface area contributed by atoms with E-state index in [-0.39, 0.29) is 11.8 Å². The highest BCUT2D eigenvalue weighted by atomic mass is 16.2. The lowest BCUT2D eigenvalue weighted by Crippen LogP contribution is -2.30. The molecule has 28 heavy (non-hydrogen) atoms. The van der Waals surface area contributed by atoms with Crippen LogP contribution in [0.3, 0.4) is 0 Å². The Morgan fingerprint density at radius 1 is 0.643 bits per heavy atom. The van der Waals surface area contributed by atoms with Crippen molar-refractivity contribution in [3.05, 3.63) is 83.9 Å². The Kier molecular flexibility index (Phi) is 2.86. The van der Waals surface area contributed by atoms with Gasteiger partial charge >= 0.3 is 0 Å². The van der Waals surface area contributed by atoms with Crippen LogP contribution in [0.4, 0.5) is 11.4 Å². The monoisotopic (exact) mass is 364 g/mol. The second kappa shape index (κ2) is 5.20. The molecule has 2 N–H and O–H groups in total. The molecule has 1 aliphatic heterocycles. The van der Waals surface area contributed by atoms with Gasteiger partial charge in [0, 0.05) is 5.69 Å². The van der Waals surface area contributed by atoms with Crippen LogP contribution in [0.2, 0.25) is 0 Å². The second-order valence-corrected chi connectivity index (χ2v) is 7.48. The molecule has 2 unspecified atom stereocenters. The number of imide groups is 1. The molecule has 2 amide bonds. The van der Waals surface area contributed by atoms with Gasteiger partial charge in [-0.05, 0) is 50.9 Å². The van der Waals surface area contributed by atoms with Crippen molar-refractivity contribution < 1.29 is 9.59 Å². The number of nitrogen functional groups attached to an aromatic ring is 1. The fourth-order valence-corrected chi connectivity index (χ4v) is 5.04. The quantitative estimate of drug-likeness (QED) is 0.311. The predicted octanol–water partition coefficient (Wildman–Crippen LogP) is 4.33. The van der Waals surface area contributed by atoms with E-state index >= 15 is 0 Å². The molecule has 4 nitrogen and oxygen atoms in total. The number of anilines is 2. The summed E-state index contributed by atoms with van der Waals surface area (Å²) in [6.45, 7) is 0. The summed E-state index contributed by atoms with van der Waals surface area (Å²) in [4.78, 5) is 28.3. The van der Waals surface area contributed by atoms with Crippen LogP contribution in [-0.2, 0) is 9.59 Å². The van der Waals surface area contributed by atoms with Crippen LogP contribution in [0.5, 0.6) is 0 Å². The van der Waals surface area contributed by atoms with Crippen molar-refractivity contribution in [2.75, 3.05) is 10.6 Å². The van der Waals surface area contributed by atoms with E-state index in [0.29, 0.717) is 11.4 Å². The van der Waals surface area contributed by atoms with Gasteiger partial charge in [-0.1, -0.05) is 54.6 Å². The van der Waals surface area contributed by atoms with Crippen LogP contribution in [-0.4, -0.2) is 11.8 Å². The van der Waals surface area contributed by atoms with E-state index in [1.807, 2.05) is 24.3 Å². The Bertz CT molecular complexity index is 1200. The summed E-state index contributed by atoms with van der Waals surface area (Å²) in [5, 5.41) is 4.25. The maximum Gasteiger partial charge on any atom is 0.242 e. The first-order valence-electron chi connectivity index (χ1n) is 9.33. The average Bonchev–Trinajstić information content (AvgIpc) is 2.99. The number of carbonyl (C=O) groups is 2. The zero-order chi connectivity index (χ0) is 19.0. The molecule has 1 saturated heterocycles. The van der Waals surface area contributed by atoms with E-state index in [0.717, 1.165) is 32.7 Å². The number of amides is 2. The number of nitrogens with two attached hydrogens (primary N) is 1. The Balaban J connectivity index is 1.69. The number of hydrogen-bond acceptors (Lipinski definition) is 3. The summed E-state index contributed by atoms with van der Waals surface area (Å²) >= 11 is 0. The Labute approximate surface area is 161 Å². The predicted molar refractivity (Wildman–Crippen MR) is 110 cm³/mol. The summed E-state index contributed by atoms with van der Waals surface area (Å²) < 4.78 is 0. The molecule has 0 saturated carbocycles. The molecule has 7 rings (SSSR count). The normalized spacial score (nSPS) is 20.4. The summed E-state index contributed by atoms with van der Waals surface area (Å²) in [6.07, 6.45) is 0. The van der Waals surface area contributed by atoms with Gasteiger partial charge in [0.1, 0.15) is 0 Å². The molecule has 134 valence electrons. The molecular weight excluding hydrogens is 348 g/mol. The van der Waals surface area contributed by atoms with Gasteiger partial charge in [0.2, 0.25) is 11.8 Å². The molecule has 2 aliphatic carbocycles. The molecule has 1 heterocycles. The maximum atomic E-state index is 13.5. The van der Waals surface area contributed by atoms with Crippen LogP contribution in [0, 0.1) is 0 Å². The average molecular weight is 364 g/mol. The number of nitrogens with zero attached hydrogens (tertiary/aromatic N) is 1. The van der Waals surface area contributed by atoms with E-state index in [1.165, 1.54) is 4.90 Å². The van der Waals surface area contributed by atoms with Crippen LogP contribution >= 0.6 is 0 Å². The van der Waals surface area contributed by atoms with Crippen LogP contribution in [0.25, 0.3) is 21.5 Å². The highest BCUT2D eigenvalue weighted by molar-refractivity contribution is 6.31. The van der Waals surface area contributed by atoms with Crippen LogP contribution < -0.4 is 10.6 Å². The van der Waals surface area contributed by atoms with Gasteiger partial charge in [0.15, 0.2) is 0 Å². The second-order valence-electron chi connectivity index (χ2n) is 7.48. The molecule has 3 aliphatic rings. The van der Waals surface area contributed by atoms with Crippen molar-refractivity contribution >= 4 is 44.7 Å². The van der Waals surface area contributed by atoms with Crippen molar-refractivity contribution in [2.24, 2.45) is 0 Å². The van der Waals surface area contributed by atoms with Gasteiger partial charge in [-0.25, -0.2) is 4.90 Å². The van der Waals surface area contributed by atoms with Gasteiger partial charge in [-0.2, -0.15) is 0 Å². The number of benzene rings is 4. The smallest absolute Gasteiger partial charge is 0.242 e. The number of hydrogen-bond donors (Lipinski definition) is 1. The standard InChI is InChI=1S/C24H16N2O2/c25-13-6-5-7-14(12-13)26-23(27)21-19-15-8-1-2-9-16(15)20(22(21)24(26)28)18-11-4-3-10-17(18)19/h1-12,21-22H,25H2. The van der Waals surface area contributed by atoms with Crippen molar-refractivity contribution in [3.63, 3.8) is 0 Å². The van der Waals surface area contributed by atoms with Crippen molar-refractivity contribution in [1.29, 1.82) is 0 Å². The minimum atomic E-state index is -0.478. The first-order chi connectivity index (χ1) is 13.7.